The molecule has 30 atom stereocenters. The van der Waals surface area contributed by atoms with E-state index in [4.69, 9.17) is 18.9 Å². The van der Waals surface area contributed by atoms with Crippen LogP contribution in [0.15, 0.2) is 88.0 Å². The van der Waals surface area contributed by atoms with Crippen molar-refractivity contribution in [3.05, 3.63) is 116 Å². The van der Waals surface area contributed by atoms with Gasteiger partial charge in [-0.3, -0.25) is 15.0 Å². The molecular weight excluding hydrogens is 1390 g/mol. The number of aromatic nitrogens is 4. The highest BCUT2D eigenvalue weighted by molar-refractivity contribution is 5.96. The quantitative estimate of drug-likeness (QED) is 0.0938. The van der Waals surface area contributed by atoms with E-state index in [9.17, 15) is 14.7 Å². The highest BCUT2D eigenvalue weighted by Gasteiger charge is 2.65. The number of aliphatic hydroxyl groups is 1. The van der Waals surface area contributed by atoms with E-state index in [1.807, 2.05) is 46.4 Å². The molecule has 0 bridgehead atoms. The summed E-state index contributed by atoms with van der Waals surface area (Å²) >= 11 is 0. The molecule has 18 aliphatic rings. The van der Waals surface area contributed by atoms with Gasteiger partial charge in [-0.15, -0.1) is 0 Å². The van der Waals surface area contributed by atoms with Gasteiger partial charge in [0.05, 0.1) is 59.8 Å². The van der Waals surface area contributed by atoms with Gasteiger partial charge in [0.15, 0.2) is 5.78 Å². The molecule has 5 N–H and O–H groups in total. The zero-order valence-electron chi connectivity index (χ0n) is 68.6. The summed E-state index contributed by atoms with van der Waals surface area (Å²) in [6.45, 7) is 32.6. The molecule has 1 amide bonds. The number of hydrogen-bond donors (Lipinski definition) is 5. The third kappa shape index (κ3) is 13.0. The van der Waals surface area contributed by atoms with Crippen LogP contribution >= 0.6 is 0 Å². The van der Waals surface area contributed by atoms with Gasteiger partial charge in [-0.1, -0.05) is 148 Å². The van der Waals surface area contributed by atoms with Crippen molar-refractivity contribution < 1.29 is 33.6 Å². The number of nitrogens with zero attached hydrogens (tertiary/aromatic N) is 3. The van der Waals surface area contributed by atoms with Gasteiger partial charge in [-0.25, -0.2) is 4.79 Å². The molecule has 8 heterocycles. The molecule has 6 saturated heterocycles. The van der Waals surface area contributed by atoms with Crippen molar-refractivity contribution in [1.82, 2.24) is 35.9 Å². The Kier molecular flexibility index (Phi) is 21.8. The minimum Gasteiger partial charge on any atom is -0.515 e. The minimum absolute atomic E-state index is 0. The van der Waals surface area contributed by atoms with E-state index in [2.05, 4.69) is 127 Å². The molecule has 7 saturated carbocycles. The fraction of sp³-hybridized carbons (Fsp3) is 0.776. The number of rotatable bonds is 2. The smallest absolute Gasteiger partial charge is 0.410 e. The number of nitrogens with one attached hydrogen (secondary N) is 4. The Balaban J connectivity index is 0.000000127. The van der Waals surface area contributed by atoms with Crippen molar-refractivity contribution >= 4 is 11.9 Å². The zero-order valence-corrected chi connectivity index (χ0v) is 68.6. The number of benzene rings is 1. The van der Waals surface area contributed by atoms with Crippen LogP contribution in [-0.4, -0.2) is 115 Å². The van der Waals surface area contributed by atoms with Crippen LogP contribution in [0.3, 0.4) is 0 Å². The number of amides is 1. The number of fused-ring (bicyclic) bond motifs is 20. The number of aromatic amines is 2. The predicted octanol–water partition coefficient (Wildman–Crippen LogP) is 20.6. The number of allylic oxidation sites excluding steroid dienone is 4. The molecule has 112 heavy (non-hydrogen) atoms. The summed E-state index contributed by atoms with van der Waals surface area (Å²) in [6, 6.07) is 11.1. The summed E-state index contributed by atoms with van der Waals surface area (Å²) in [5.41, 5.74) is 18.6. The van der Waals surface area contributed by atoms with Gasteiger partial charge in [-0.2, -0.15) is 10.2 Å². The average molecular weight is 1540 g/mol. The first-order valence-electron chi connectivity index (χ1n) is 44.8. The summed E-state index contributed by atoms with van der Waals surface area (Å²) < 4.78 is 27.1. The van der Waals surface area contributed by atoms with Gasteiger partial charge in [0.1, 0.15) is 6.61 Å². The third-order valence-electron chi connectivity index (χ3n) is 36.8. The number of hydrogen-bond acceptors (Lipinski definition) is 11. The minimum atomic E-state index is -0.251. The van der Waals surface area contributed by atoms with Crippen LogP contribution in [0.2, 0.25) is 0 Å². The number of carbonyl (C=O) groups is 2. The van der Waals surface area contributed by atoms with E-state index >= 15 is 0 Å². The Hall–Kier alpha value is -4.86. The molecular formula is C98H147N7O7. The maximum atomic E-state index is 13.5. The van der Waals surface area contributed by atoms with Crippen LogP contribution < -0.4 is 10.6 Å². The second-order valence-corrected chi connectivity index (χ2v) is 42.2. The lowest BCUT2D eigenvalue weighted by Crippen LogP contribution is -2.54. The third-order valence-corrected chi connectivity index (χ3v) is 36.8. The highest BCUT2D eigenvalue weighted by atomic mass is 16.6. The molecule has 14 nitrogen and oxygen atoms in total. The van der Waals surface area contributed by atoms with Crippen molar-refractivity contribution in [2.75, 3.05) is 19.6 Å². The molecule has 0 radical (unpaired) electrons. The van der Waals surface area contributed by atoms with E-state index in [-0.39, 0.29) is 74.4 Å². The lowest BCUT2D eigenvalue weighted by Gasteiger charge is -2.52. The lowest BCUT2D eigenvalue weighted by atomic mass is 9.51. The SMILES string of the molecule is C.C.C.CC1=C2C[C@H]3[C@@H](CC[C@@H]4CC(=O)/C(=C\O)C[C@@]43C)[C@@H]2CC[C@@]2(C1)O[C@@H]1C[C@H](C)CN(C(=O)OCc3ccccc3)[C@H]1[C@H]2C.CC1=C2C[C@H]3[C@@H](CC[C@@H]4Cc5[nH]ncc5C[C@@]43C)[C@@H]2CC[C@@]2(C1)O[C@@H]1C[C@H](C)CN[C@H]1[C@H]2C.CC1=C2C[C@H]3[C@@H](CC[C@@H]4Cc5[nH]ncc5C[C@@]43C)[C@@H]2CC[C@@]2(C1)O[C@@H]1C[C@H](C)CN[C@H]1[C@H]2C. The Morgan fingerprint density at radius 1 is 0.536 bits per heavy atom. The van der Waals surface area contributed by atoms with E-state index in [1.165, 1.54) is 150 Å². The summed E-state index contributed by atoms with van der Waals surface area (Å²) in [4.78, 5) is 28.2. The number of H-pyrrole nitrogens is 2. The van der Waals surface area contributed by atoms with Crippen LogP contribution in [0, 0.1) is 123 Å². The maximum Gasteiger partial charge on any atom is 0.410 e. The first kappa shape index (κ1) is 80.9. The number of piperidine rings is 3. The monoisotopic (exact) mass is 1530 g/mol. The second-order valence-electron chi connectivity index (χ2n) is 42.2. The second kappa shape index (κ2) is 30.2. The normalized spacial score (nSPS) is 46.6. The number of ether oxygens (including phenoxy) is 4. The molecule has 12 aliphatic carbocycles. The van der Waals surface area contributed by atoms with Crippen molar-refractivity contribution in [3.8, 4) is 0 Å². The summed E-state index contributed by atoms with van der Waals surface area (Å²) in [7, 11) is 0. The van der Waals surface area contributed by atoms with Gasteiger partial charge in [0.2, 0.25) is 0 Å². The summed E-state index contributed by atoms with van der Waals surface area (Å²) in [5, 5.41) is 33.0. The van der Waals surface area contributed by atoms with E-state index < -0.39 is 0 Å². The van der Waals surface area contributed by atoms with Crippen LogP contribution in [0.25, 0.3) is 0 Å². The molecule has 0 unspecified atom stereocenters. The fourth-order valence-electron chi connectivity index (χ4n) is 31.0. The van der Waals surface area contributed by atoms with Gasteiger partial charge in [-0.05, 0) is 323 Å². The molecule has 3 spiro atoms. The lowest BCUT2D eigenvalue weighted by molar-refractivity contribution is -0.124. The Morgan fingerprint density at radius 3 is 1.41 bits per heavy atom. The number of likely N-dealkylation sites (tertiary alicyclic amines) is 1. The predicted molar refractivity (Wildman–Crippen MR) is 447 cm³/mol. The largest absolute Gasteiger partial charge is 0.515 e. The van der Waals surface area contributed by atoms with Gasteiger partial charge >= 0.3 is 6.09 Å². The van der Waals surface area contributed by atoms with Crippen molar-refractivity contribution in [2.45, 2.75) is 339 Å². The maximum absolute atomic E-state index is 13.5. The first-order chi connectivity index (χ1) is 52.4. The van der Waals surface area contributed by atoms with Crippen LogP contribution in [0.1, 0.15) is 281 Å². The van der Waals surface area contributed by atoms with E-state index in [0.717, 1.165) is 136 Å². The van der Waals surface area contributed by atoms with Crippen LogP contribution in [0.4, 0.5) is 4.79 Å². The number of Topliss-reactive ketones (excluding diaryl/α,β-unsaturated/α-hetero) is 1. The molecule has 21 rings (SSSR count). The van der Waals surface area contributed by atoms with Gasteiger partial charge < -0.3 is 39.6 Å². The Morgan fingerprint density at radius 2 is 0.955 bits per heavy atom. The standard InChI is InChI=1S/C37H49NO5.2C29H43N3O.3CH4/c1-22-14-33-34(38(19-22)35(41)42-21-25-8-6-5-7-9-25)24(3)37(43-33)13-12-28-29-11-10-27-15-32(40)26(20-39)18-36(27,4)31(29)16-30(28)23(2)17-37;2*1-16-9-26-27(30-14-16)18(3)29(33-26)8-7-21-22-6-5-20-10-25-19(15-31-32-25)13-28(20,4)24(22)11-23(21)17(2)12-29;;;/h5-9,20,22,24,27-29,31,33-34,39H,10-19,21H2,1-4H3;2*15-16,18,20-22,24,26-27,30H,5-14H2,1-4H3,(H,31,32);3*1H4/b26-20-;;;;;/t22-,24+,27+,28-,29-,31-,33+,34-,36-,37-;2*16-,18+,20+,21-,22-,24-,26+,27-,28-,29-;;;/m000.../s1. The molecule has 6 aliphatic heterocycles. The average Bonchev–Trinajstić information content (AvgIpc) is 1.50. The first-order valence-corrected chi connectivity index (χ1v) is 44.8. The molecule has 616 valence electrons. The summed E-state index contributed by atoms with van der Waals surface area (Å²) in [5.74, 6) is 12.4. The number of aliphatic hydroxyl groups excluding tert-OH is 1. The summed E-state index contributed by atoms with van der Waals surface area (Å²) in [6.07, 6.45) is 38.2. The van der Waals surface area contributed by atoms with Crippen molar-refractivity contribution in [1.29, 1.82) is 0 Å². The fourth-order valence-corrected chi connectivity index (χ4v) is 31.0. The number of ketones is 1. The van der Waals surface area contributed by atoms with Crippen molar-refractivity contribution in [3.63, 3.8) is 0 Å². The Bertz CT molecular complexity index is 3960. The van der Waals surface area contributed by atoms with E-state index in [0.29, 0.717) is 95.1 Å². The number of carbonyl (C=O) groups excluding carboxylic acids is 2. The molecule has 14 heteroatoms. The topological polar surface area (TPSA) is 176 Å². The molecule has 13 fully saturated rings. The van der Waals surface area contributed by atoms with Crippen LogP contribution in [0.5, 0.6) is 0 Å². The van der Waals surface area contributed by atoms with Crippen molar-refractivity contribution in [2.24, 2.45) is 123 Å². The zero-order chi connectivity index (χ0) is 75.2. The molecule has 1 aromatic carbocycles. The van der Waals surface area contributed by atoms with E-state index in [1.54, 1.807) is 16.7 Å². The molecule has 2 aromatic heterocycles. The van der Waals surface area contributed by atoms with Gasteiger partial charge in [0, 0.05) is 59.8 Å². The van der Waals surface area contributed by atoms with Gasteiger partial charge in [0.25, 0.3) is 0 Å². The highest BCUT2D eigenvalue weighted by Crippen LogP contribution is 2.69. The Labute approximate surface area is 674 Å². The van der Waals surface area contributed by atoms with Crippen LogP contribution in [-0.2, 0) is 56.0 Å². The molecule has 3 aromatic rings.